The van der Waals surface area contributed by atoms with Gasteiger partial charge in [0, 0.05) is 12.1 Å². The van der Waals surface area contributed by atoms with Gasteiger partial charge in [-0.15, -0.1) is 0 Å². The summed E-state index contributed by atoms with van der Waals surface area (Å²) in [5.74, 6) is 0. The monoisotopic (exact) mass is 427 g/mol. The van der Waals surface area contributed by atoms with Gasteiger partial charge in [0.1, 0.15) is 0 Å². The van der Waals surface area contributed by atoms with Gasteiger partial charge in [-0.2, -0.15) is 13.2 Å². The zero-order valence-electron chi connectivity index (χ0n) is 12.6. The Morgan fingerprint density at radius 3 is 2.12 bits per heavy atom. The fourth-order valence-corrected chi connectivity index (χ4v) is 3.16. The second-order valence-electron chi connectivity index (χ2n) is 5.17. The second-order valence-corrected chi connectivity index (χ2v) is 6.74. The summed E-state index contributed by atoms with van der Waals surface area (Å²) in [6.45, 7) is 0.154. The van der Waals surface area contributed by atoms with Crippen LogP contribution < -0.4 is 5.73 Å². The zero-order valence-corrected chi connectivity index (χ0v) is 15.6. The van der Waals surface area contributed by atoms with Crippen LogP contribution in [-0.2, 0) is 6.54 Å². The molecule has 0 saturated heterocycles. The molecule has 134 valence electrons. The van der Waals surface area contributed by atoms with Crippen molar-refractivity contribution >= 4 is 52.0 Å². The first-order chi connectivity index (χ1) is 11.6. The van der Waals surface area contributed by atoms with Crippen LogP contribution in [0.5, 0.6) is 0 Å². The molecule has 0 atom stereocenters. The van der Waals surface area contributed by atoms with Crippen LogP contribution in [0.1, 0.15) is 23.1 Å². The molecule has 1 nitrogen and oxygen atoms in total. The molecule has 25 heavy (non-hydrogen) atoms. The van der Waals surface area contributed by atoms with Crippen molar-refractivity contribution in [1.82, 2.24) is 0 Å². The van der Waals surface area contributed by atoms with Gasteiger partial charge in [-0.25, -0.2) is 0 Å². The third kappa shape index (κ3) is 5.05. The van der Waals surface area contributed by atoms with Gasteiger partial charge in [0.15, 0.2) is 0 Å². The molecule has 2 N–H and O–H groups in total. The summed E-state index contributed by atoms with van der Waals surface area (Å²) < 4.78 is 38.2. The van der Waals surface area contributed by atoms with Crippen molar-refractivity contribution in [1.29, 1.82) is 0 Å². The van der Waals surface area contributed by atoms with Gasteiger partial charge in [0.25, 0.3) is 0 Å². The molecule has 0 amide bonds. The highest BCUT2D eigenvalue weighted by Crippen LogP contribution is 2.38. The Kier molecular flexibility index (Phi) is 6.68. The average Bonchev–Trinajstić information content (AvgIpc) is 2.53. The Labute approximate surface area is 163 Å². The van der Waals surface area contributed by atoms with Crippen molar-refractivity contribution < 1.29 is 13.2 Å². The molecular formula is C17H12Cl4F3N. The van der Waals surface area contributed by atoms with Gasteiger partial charge in [0.05, 0.1) is 26.5 Å². The smallest absolute Gasteiger partial charge is 0.326 e. The van der Waals surface area contributed by atoms with E-state index in [1.54, 1.807) is 18.2 Å². The van der Waals surface area contributed by atoms with Crippen LogP contribution in [0.4, 0.5) is 13.2 Å². The number of halogens is 7. The normalized spacial score (nSPS) is 12.6. The summed E-state index contributed by atoms with van der Waals surface area (Å²) in [6.07, 6.45) is -4.47. The van der Waals surface area contributed by atoms with Crippen LogP contribution in [0.2, 0.25) is 20.1 Å². The molecule has 0 saturated carbocycles. The van der Waals surface area contributed by atoms with Crippen LogP contribution in [0.3, 0.4) is 0 Å². The highest BCUT2D eigenvalue weighted by molar-refractivity contribution is 6.48. The number of hydrogen-bond acceptors (Lipinski definition) is 1. The van der Waals surface area contributed by atoms with Crippen molar-refractivity contribution in [2.75, 3.05) is 0 Å². The standard InChI is InChI=1S/C17H12Cl4F3N/c18-13-6-10(7-14(19)16(13)21)11(4-5-17(22,23)24)12-3-1-2-9(8-25)15(12)20/h1-4,6-7H,5,8,25H2/b11-4+. The highest BCUT2D eigenvalue weighted by atomic mass is 35.5. The highest BCUT2D eigenvalue weighted by Gasteiger charge is 2.26. The van der Waals surface area contributed by atoms with Crippen LogP contribution in [-0.4, -0.2) is 6.18 Å². The van der Waals surface area contributed by atoms with Gasteiger partial charge >= 0.3 is 6.18 Å². The Morgan fingerprint density at radius 2 is 1.60 bits per heavy atom. The Bertz CT molecular complexity index is 793. The van der Waals surface area contributed by atoms with Crippen molar-refractivity contribution in [2.45, 2.75) is 19.1 Å². The van der Waals surface area contributed by atoms with Crippen molar-refractivity contribution in [3.05, 3.63) is 73.2 Å². The summed E-state index contributed by atoms with van der Waals surface area (Å²) in [5.41, 5.74) is 7.27. The summed E-state index contributed by atoms with van der Waals surface area (Å²) in [6, 6.07) is 7.88. The first-order valence-corrected chi connectivity index (χ1v) is 8.55. The zero-order chi connectivity index (χ0) is 18.8. The third-order valence-electron chi connectivity index (χ3n) is 3.42. The van der Waals surface area contributed by atoms with Crippen LogP contribution in [0.25, 0.3) is 5.57 Å². The lowest BCUT2D eigenvalue weighted by molar-refractivity contribution is -0.124. The second kappa shape index (κ2) is 8.19. The number of nitrogens with two attached hydrogens (primary N) is 1. The van der Waals surface area contributed by atoms with Gasteiger partial charge in [-0.3, -0.25) is 0 Å². The van der Waals surface area contributed by atoms with Gasteiger partial charge in [-0.1, -0.05) is 70.7 Å². The minimum absolute atomic E-state index is 0.129. The first-order valence-electron chi connectivity index (χ1n) is 7.03. The molecule has 2 aromatic carbocycles. The van der Waals surface area contributed by atoms with E-state index in [1.807, 2.05) is 0 Å². The molecule has 0 bridgehead atoms. The quantitative estimate of drug-likeness (QED) is 0.514. The maximum atomic E-state index is 12.7. The van der Waals surface area contributed by atoms with E-state index < -0.39 is 12.6 Å². The molecule has 0 fully saturated rings. The van der Waals surface area contributed by atoms with E-state index in [9.17, 15) is 13.2 Å². The van der Waals surface area contributed by atoms with Crippen molar-refractivity contribution in [2.24, 2.45) is 5.73 Å². The van der Waals surface area contributed by atoms with E-state index in [-0.39, 0.29) is 32.2 Å². The molecule has 2 aromatic rings. The molecule has 0 aliphatic rings. The summed E-state index contributed by atoms with van der Waals surface area (Å²) >= 11 is 24.3. The van der Waals surface area contributed by atoms with Crippen LogP contribution >= 0.6 is 46.4 Å². The molecule has 0 aliphatic heterocycles. The summed E-state index contributed by atoms with van der Waals surface area (Å²) in [4.78, 5) is 0. The van der Waals surface area contributed by atoms with Gasteiger partial charge in [0.2, 0.25) is 0 Å². The number of allylic oxidation sites excluding steroid dienone is 1. The van der Waals surface area contributed by atoms with E-state index in [0.717, 1.165) is 6.08 Å². The number of alkyl halides is 3. The maximum Gasteiger partial charge on any atom is 0.392 e. The lowest BCUT2D eigenvalue weighted by atomic mass is 9.95. The average molecular weight is 429 g/mol. The first kappa shape index (κ1) is 20.4. The van der Waals surface area contributed by atoms with E-state index >= 15 is 0 Å². The summed E-state index contributed by atoms with van der Waals surface area (Å²) in [5, 5.41) is 0.672. The SMILES string of the molecule is NCc1cccc(/C(=C/CC(F)(F)F)c2cc(Cl)c(Cl)c(Cl)c2)c1Cl. The predicted molar refractivity (Wildman–Crippen MR) is 98.6 cm³/mol. The number of rotatable bonds is 4. The topological polar surface area (TPSA) is 26.0 Å². The van der Waals surface area contributed by atoms with Crippen LogP contribution in [0.15, 0.2) is 36.4 Å². The minimum Gasteiger partial charge on any atom is -0.326 e. The van der Waals surface area contributed by atoms with Crippen LogP contribution in [0, 0.1) is 0 Å². The lowest BCUT2D eigenvalue weighted by Gasteiger charge is -2.15. The van der Waals surface area contributed by atoms with E-state index in [4.69, 9.17) is 52.1 Å². The van der Waals surface area contributed by atoms with E-state index in [2.05, 4.69) is 0 Å². The Morgan fingerprint density at radius 1 is 1.00 bits per heavy atom. The fourth-order valence-electron chi connectivity index (χ4n) is 2.26. The molecule has 0 heterocycles. The van der Waals surface area contributed by atoms with Crippen molar-refractivity contribution in [3.8, 4) is 0 Å². The van der Waals surface area contributed by atoms with Gasteiger partial charge in [-0.05, 0) is 28.8 Å². The van der Waals surface area contributed by atoms with E-state index in [1.165, 1.54) is 12.1 Å². The molecule has 0 radical (unpaired) electrons. The third-order valence-corrected chi connectivity index (χ3v) is 5.06. The molecular weight excluding hydrogens is 417 g/mol. The molecule has 0 unspecified atom stereocenters. The maximum absolute atomic E-state index is 12.7. The van der Waals surface area contributed by atoms with E-state index in [0.29, 0.717) is 16.7 Å². The lowest BCUT2D eigenvalue weighted by Crippen LogP contribution is -2.06. The number of benzene rings is 2. The molecule has 0 spiro atoms. The molecule has 0 aromatic heterocycles. The fraction of sp³-hybridized carbons (Fsp3) is 0.176. The largest absolute Gasteiger partial charge is 0.392 e. The Hall–Kier alpha value is -0.910. The molecule has 2 rings (SSSR count). The predicted octanol–water partition coefficient (Wildman–Crippen LogP) is 7.14. The summed E-state index contributed by atoms with van der Waals surface area (Å²) in [7, 11) is 0. The van der Waals surface area contributed by atoms with Gasteiger partial charge < -0.3 is 5.73 Å². The minimum atomic E-state index is -4.37. The molecule has 0 aliphatic carbocycles. The Balaban J connectivity index is 2.67. The number of hydrogen-bond donors (Lipinski definition) is 1. The van der Waals surface area contributed by atoms with Crippen molar-refractivity contribution in [3.63, 3.8) is 0 Å². The molecule has 8 heteroatoms.